The van der Waals surface area contributed by atoms with Crippen LogP contribution >= 0.6 is 0 Å². The number of nitrogens with zero attached hydrogens (tertiary/aromatic N) is 2. The molecular weight excluding hydrogens is 220 g/mol. The van der Waals surface area contributed by atoms with Crippen LogP contribution in [0.5, 0.6) is 0 Å². The van der Waals surface area contributed by atoms with E-state index in [4.69, 9.17) is 0 Å². The van der Waals surface area contributed by atoms with Gasteiger partial charge in [0.25, 0.3) is 5.69 Å². The van der Waals surface area contributed by atoms with Crippen LogP contribution in [-0.2, 0) is 10.3 Å². The lowest BCUT2D eigenvalue weighted by molar-refractivity contribution is -0.385. The van der Waals surface area contributed by atoms with Crippen molar-refractivity contribution in [1.82, 2.24) is 0 Å². The topological polar surface area (TPSA) is 72.6 Å². The monoisotopic (exact) mass is 232 g/mol. The molecule has 1 aromatic rings. The van der Waals surface area contributed by atoms with Crippen LogP contribution in [0.1, 0.15) is 31.2 Å². The summed E-state index contributed by atoms with van der Waals surface area (Å²) in [6, 6.07) is 6.37. The van der Waals surface area contributed by atoms with Crippen LogP contribution in [0.15, 0.2) is 29.3 Å². The Morgan fingerprint density at radius 3 is 2.65 bits per heavy atom. The normalized spacial score (nSPS) is 17.4. The number of non-ortho nitro benzene ring substituents is 1. The van der Waals surface area contributed by atoms with Crippen molar-refractivity contribution in [2.24, 2.45) is 4.99 Å². The van der Waals surface area contributed by atoms with Gasteiger partial charge in [-0.3, -0.25) is 10.1 Å². The number of isocyanates is 1. The molecule has 0 unspecified atom stereocenters. The molecule has 1 aromatic carbocycles. The first-order valence-corrected chi connectivity index (χ1v) is 5.52. The van der Waals surface area contributed by atoms with Crippen LogP contribution in [0, 0.1) is 10.1 Å². The van der Waals surface area contributed by atoms with E-state index >= 15 is 0 Å². The average Bonchev–Trinajstić information content (AvgIpc) is 2.80. The van der Waals surface area contributed by atoms with Gasteiger partial charge in [0.05, 0.1) is 10.5 Å². The van der Waals surface area contributed by atoms with E-state index in [1.807, 2.05) is 0 Å². The van der Waals surface area contributed by atoms with Crippen molar-refractivity contribution in [1.29, 1.82) is 0 Å². The number of hydrogen-bond acceptors (Lipinski definition) is 4. The van der Waals surface area contributed by atoms with Crippen molar-refractivity contribution in [2.45, 2.75) is 31.2 Å². The lowest BCUT2D eigenvalue weighted by atomic mass is 9.89. The second kappa shape index (κ2) is 4.47. The molecule has 1 fully saturated rings. The first-order valence-electron chi connectivity index (χ1n) is 5.52. The minimum absolute atomic E-state index is 0.0369. The number of aliphatic imine (C=N–C) groups is 1. The van der Waals surface area contributed by atoms with Gasteiger partial charge < -0.3 is 0 Å². The summed E-state index contributed by atoms with van der Waals surface area (Å²) in [6.45, 7) is 0. The van der Waals surface area contributed by atoms with Gasteiger partial charge >= 0.3 is 0 Å². The maximum atomic E-state index is 10.7. The molecule has 0 saturated heterocycles. The highest BCUT2D eigenvalue weighted by Crippen LogP contribution is 2.42. The Bertz CT molecular complexity index is 486. The molecule has 0 N–H and O–H groups in total. The molecule has 1 saturated carbocycles. The van der Waals surface area contributed by atoms with Crippen LogP contribution < -0.4 is 0 Å². The Balaban J connectivity index is 2.46. The standard InChI is InChI=1S/C12H12N2O3/c15-9-13-12(6-1-2-7-12)10-4-3-5-11(8-10)14(16)17/h3-5,8H,1-2,6-7H2. The highest BCUT2D eigenvalue weighted by Gasteiger charge is 2.36. The average molecular weight is 232 g/mol. The van der Waals surface area contributed by atoms with Crippen molar-refractivity contribution in [3.8, 4) is 0 Å². The summed E-state index contributed by atoms with van der Waals surface area (Å²) >= 11 is 0. The first kappa shape index (κ1) is 11.5. The maximum absolute atomic E-state index is 10.7. The van der Waals surface area contributed by atoms with Gasteiger partial charge in [-0.05, 0) is 18.4 Å². The predicted octanol–water partition coefficient (Wildman–Crippen LogP) is 2.70. The van der Waals surface area contributed by atoms with Crippen LogP contribution in [-0.4, -0.2) is 11.0 Å². The summed E-state index contributed by atoms with van der Waals surface area (Å²) in [5.74, 6) is 0. The Morgan fingerprint density at radius 1 is 1.35 bits per heavy atom. The van der Waals surface area contributed by atoms with Crippen molar-refractivity contribution in [3.05, 3.63) is 39.9 Å². The fraction of sp³-hybridized carbons (Fsp3) is 0.417. The van der Waals surface area contributed by atoms with Crippen molar-refractivity contribution in [2.75, 3.05) is 0 Å². The quantitative estimate of drug-likeness (QED) is 0.348. The Kier molecular flexibility index (Phi) is 3.02. The van der Waals surface area contributed by atoms with E-state index in [1.165, 1.54) is 12.1 Å². The zero-order valence-corrected chi connectivity index (χ0v) is 9.26. The van der Waals surface area contributed by atoms with Gasteiger partial charge in [-0.25, -0.2) is 4.79 Å². The number of benzene rings is 1. The fourth-order valence-electron chi connectivity index (χ4n) is 2.42. The number of carbonyl (C=O) groups excluding carboxylic acids is 1. The molecule has 2 rings (SSSR count). The lowest BCUT2D eigenvalue weighted by Gasteiger charge is -2.22. The molecule has 5 heteroatoms. The van der Waals surface area contributed by atoms with Gasteiger partial charge in [0.1, 0.15) is 0 Å². The van der Waals surface area contributed by atoms with Crippen molar-refractivity contribution in [3.63, 3.8) is 0 Å². The molecule has 1 aliphatic carbocycles. The molecule has 0 aromatic heterocycles. The molecule has 0 spiro atoms. The van der Waals surface area contributed by atoms with Gasteiger partial charge in [0.15, 0.2) is 0 Å². The molecule has 0 atom stereocenters. The summed E-state index contributed by atoms with van der Waals surface area (Å²) in [5.41, 5.74) is 0.191. The van der Waals surface area contributed by atoms with Gasteiger partial charge in [0.2, 0.25) is 6.08 Å². The van der Waals surface area contributed by atoms with E-state index in [1.54, 1.807) is 18.2 Å². The van der Waals surface area contributed by atoms with E-state index in [9.17, 15) is 14.9 Å². The summed E-state index contributed by atoms with van der Waals surface area (Å²) in [6.07, 6.45) is 5.07. The number of rotatable bonds is 3. The Labute approximate surface area is 98.3 Å². The molecule has 88 valence electrons. The van der Waals surface area contributed by atoms with E-state index in [2.05, 4.69) is 4.99 Å². The second-order valence-corrected chi connectivity index (χ2v) is 4.25. The number of hydrogen-bond donors (Lipinski definition) is 0. The lowest BCUT2D eigenvalue weighted by Crippen LogP contribution is -2.18. The highest BCUT2D eigenvalue weighted by molar-refractivity contribution is 5.42. The first-order chi connectivity index (χ1) is 8.18. The van der Waals surface area contributed by atoms with Gasteiger partial charge in [0, 0.05) is 12.1 Å². The zero-order chi connectivity index (χ0) is 12.3. The Morgan fingerprint density at radius 2 is 2.06 bits per heavy atom. The van der Waals surface area contributed by atoms with Crippen LogP contribution in [0.25, 0.3) is 0 Å². The summed E-state index contributed by atoms with van der Waals surface area (Å²) in [5, 5.41) is 10.7. The summed E-state index contributed by atoms with van der Waals surface area (Å²) in [4.78, 5) is 24.7. The van der Waals surface area contributed by atoms with Crippen LogP contribution in [0.2, 0.25) is 0 Å². The zero-order valence-electron chi connectivity index (χ0n) is 9.26. The Hall–Kier alpha value is -2.00. The molecule has 17 heavy (non-hydrogen) atoms. The molecule has 0 radical (unpaired) electrons. The van der Waals surface area contributed by atoms with Gasteiger partial charge in [-0.15, -0.1) is 0 Å². The van der Waals surface area contributed by atoms with Gasteiger partial charge in [-0.1, -0.05) is 25.0 Å². The molecule has 0 heterocycles. The van der Waals surface area contributed by atoms with Crippen LogP contribution in [0.3, 0.4) is 0 Å². The smallest absolute Gasteiger partial charge is 0.258 e. The molecule has 0 amide bonds. The molecular formula is C12H12N2O3. The van der Waals surface area contributed by atoms with Crippen molar-refractivity contribution < 1.29 is 9.72 Å². The van der Waals surface area contributed by atoms with Crippen LogP contribution in [0.4, 0.5) is 5.69 Å². The predicted molar refractivity (Wildman–Crippen MR) is 61.4 cm³/mol. The second-order valence-electron chi connectivity index (χ2n) is 4.25. The van der Waals surface area contributed by atoms with Gasteiger partial charge in [-0.2, -0.15) is 4.99 Å². The van der Waals surface area contributed by atoms with E-state index in [0.717, 1.165) is 31.2 Å². The molecule has 0 aliphatic heterocycles. The largest absolute Gasteiger partial charge is 0.269 e. The number of nitro benzene ring substituents is 1. The fourth-order valence-corrected chi connectivity index (χ4v) is 2.42. The highest BCUT2D eigenvalue weighted by atomic mass is 16.6. The molecule has 1 aliphatic rings. The third kappa shape index (κ3) is 2.10. The third-order valence-corrected chi connectivity index (χ3v) is 3.28. The number of nitro groups is 1. The minimum Gasteiger partial charge on any atom is -0.258 e. The van der Waals surface area contributed by atoms with E-state index in [-0.39, 0.29) is 5.69 Å². The SMILES string of the molecule is O=C=NC1(c2cccc([N+](=O)[O-])c2)CCCC1. The van der Waals surface area contributed by atoms with Crippen molar-refractivity contribution >= 4 is 11.8 Å². The van der Waals surface area contributed by atoms with E-state index < -0.39 is 10.5 Å². The maximum Gasteiger partial charge on any atom is 0.269 e. The summed E-state index contributed by atoms with van der Waals surface area (Å²) < 4.78 is 0. The minimum atomic E-state index is -0.590. The van der Waals surface area contributed by atoms with E-state index in [0.29, 0.717) is 0 Å². The third-order valence-electron chi connectivity index (χ3n) is 3.28. The summed E-state index contributed by atoms with van der Waals surface area (Å²) in [7, 11) is 0. The molecule has 0 bridgehead atoms. The molecule has 5 nitrogen and oxygen atoms in total.